The topological polar surface area (TPSA) is 133 Å². The molecule has 1 aliphatic rings. The molecule has 6 atom stereocenters. The summed E-state index contributed by atoms with van der Waals surface area (Å²) in [7, 11) is 4.82. The number of hydrogen-bond acceptors (Lipinski definition) is 11. The van der Waals surface area contributed by atoms with Gasteiger partial charge in [-0.2, -0.15) is 0 Å². The Hall–Kier alpha value is -3.18. The maximum Gasteiger partial charge on any atom is 0.323 e. The molecule has 1 aliphatic heterocycles. The molecular formula is C25H30FN6O6PS. The SMILES string of the molecule is C#C[C@@]1(F)[C@H](O)[C@@H](COP(=S)(N[C@H](C)C(=O)OC)Oc2ccccc2)O[C@H]1n1cnc2c(N(C)C)nc(C)nc21. The van der Waals surface area contributed by atoms with E-state index >= 15 is 4.39 Å². The van der Waals surface area contributed by atoms with Crippen LogP contribution in [-0.4, -0.2) is 82.3 Å². The van der Waals surface area contributed by atoms with E-state index in [2.05, 4.69) is 20.0 Å². The van der Waals surface area contributed by atoms with Crippen LogP contribution in [-0.2, 0) is 30.6 Å². The Morgan fingerprint density at radius 1 is 1.40 bits per heavy atom. The Morgan fingerprint density at radius 2 is 2.10 bits per heavy atom. The van der Waals surface area contributed by atoms with E-state index in [4.69, 9.17) is 36.8 Å². The molecule has 0 radical (unpaired) electrons. The van der Waals surface area contributed by atoms with Crippen molar-refractivity contribution in [3.63, 3.8) is 0 Å². The Kier molecular flexibility index (Phi) is 8.75. The first-order valence-corrected chi connectivity index (χ1v) is 14.8. The Morgan fingerprint density at radius 3 is 2.73 bits per heavy atom. The number of carbonyl (C=O) groups is 1. The quantitative estimate of drug-likeness (QED) is 0.203. The number of aryl methyl sites for hydroxylation is 1. The largest absolute Gasteiger partial charge is 0.468 e. The van der Waals surface area contributed by atoms with E-state index in [0.29, 0.717) is 22.9 Å². The fourth-order valence-electron chi connectivity index (χ4n) is 4.15. The normalized spacial score (nSPS) is 24.7. The molecular weight excluding hydrogens is 562 g/mol. The second-order valence-electron chi connectivity index (χ2n) is 9.27. The molecule has 214 valence electrons. The van der Waals surface area contributed by atoms with E-state index in [1.54, 1.807) is 56.3 Å². The number of imidazole rings is 1. The number of carbonyl (C=O) groups excluding carboxylic acids is 1. The molecule has 1 unspecified atom stereocenters. The third-order valence-corrected chi connectivity index (χ3v) is 8.64. The van der Waals surface area contributed by atoms with Crippen LogP contribution in [0.5, 0.6) is 5.75 Å². The zero-order valence-corrected chi connectivity index (χ0v) is 24.2. The number of halogens is 1. The monoisotopic (exact) mass is 592 g/mol. The van der Waals surface area contributed by atoms with Crippen molar-refractivity contribution in [1.29, 1.82) is 0 Å². The Bertz CT molecular complexity index is 1470. The van der Waals surface area contributed by atoms with E-state index in [0.717, 1.165) is 0 Å². The lowest BCUT2D eigenvalue weighted by Gasteiger charge is -2.27. The summed E-state index contributed by atoms with van der Waals surface area (Å²) in [5.41, 5.74) is -1.99. The van der Waals surface area contributed by atoms with E-state index < -0.39 is 49.4 Å². The molecule has 1 fully saturated rings. The Labute approximate surface area is 236 Å². The smallest absolute Gasteiger partial charge is 0.323 e. The first-order chi connectivity index (χ1) is 18.9. The molecule has 0 saturated carbocycles. The number of hydrogen-bond donors (Lipinski definition) is 2. The summed E-state index contributed by atoms with van der Waals surface area (Å²) in [6.45, 7) is -0.661. The number of ether oxygens (including phenoxy) is 2. The number of para-hydroxylation sites is 1. The predicted octanol–water partition coefficient (Wildman–Crippen LogP) is 2.27. The number of methoxy groups -OCH3 is 1. The number of aliphatic hydroxyl groups is 1. The van der Waals surface area contributed by atoms with E-state index in [1.165, 1.54) is 24.9 Å². The number of nitrogens with one attached hydrogen (secondary N) is 1. The number of alkyl halides is 1. The predicted molar refractivity (Wildman–Crippen MR) is 149 cm³/mol. The van der Waals surface area contributed by atoms with Crippen molar-refractivity contribution in [3.05, 3.63) is 42.5 Å². The fraction of sp³-hybridized carbons (Fsp3) is 0.440. The molecule has 40 heavy (non-hydrogen) atoms. The molecule has 1 saturated heterocycles. The second kappa shape index (κ2) is 11.7. The average molecular weight is 593 g/mol. The highest BCUT2D eigenvalue weighted by atomic mass is 32.5. The summed E-state index contributed by atoms with van der Waals surface area (Å²) in [5, 5.41) is 13.8. The molecule has 2 aromatic heterocycles. The number of terminal acetylenes is 1. The zero-order valence-electron chi connectivity index (χ0n) is 22.5. The van der Waals surface area contributed by atoms with Gasteiger partial charge in [0.1, 0.15) is 29.8 Å². The van der Waals surface area contributed by atoms with Gasteiger partial charge in [0.05, 0.1) is 20.0 Å². The van der Waals surface area contributed by atoms with Crippen molar-refractivity contribution >= 4 is 41.4 Å². The number of benzene rings is 1. The summed E-state index contributed by atoms with van der Waals surface area (Å²) >= 11 is 5.65. The minimum Gasteiger partial charge on any atom is -0.468 e. The van der Waals surface area contributed by atoms with Gasteiger partial charge in [0.15, 0.2) is 23.2 Å². The molecule has 2 N–H and O–H groups in total. The van der Waals surface area contributed by atoms with E-state index in [9.17, 15) is 9.90 Å². The minimum atomic E-state index is -3.46. The summed E-state index contributed by atoms with van der Waals surface area (Å²) in [6, 6.07) is 7.69. The number of nitrogens with zero attached hydrogens (tertiary/aromatic N) is 5. The van der Waals surface area contributed by atoms with Gasteiger partial charge in [0.2, 0.25) is 5.67 Å². The van der Waals surface area contributed by atoms with Crippen molar-refractivity contribution in [2.75, 3.05) is 32.7 Å². The number of anilines is 1. The van der Waals surface area contributed by atoms with Crippen molar-refractivity contribution in [1.82, 2.24) is 24.6 Å². The molecule has 3 heterocycles. The molecule has 0 amide bonds. The number of esters is 1. The van der Waals surface area contributed by atoms with Crippen molar-refractivity contribution in [2.24, 2.45) is 0 Å². The standard InChI is InChI=1S/C25H30FN6O6PS/c1-7-25(26)20(33)18(37-24(25)32-14-27-19-21(31(4)5)28-16(3)29-22(19)32)13-36-39(40,30-15(2)23(34)35-6)38-17-11-9-8-10-12-17/h1,8-12,14-15,18,20,24,33H,13H2,2-6H3,(H,30,40)/t15-,18-,20-,24-,25-,39?/m1/s1. The van der Waals surface area contributed by atoms with Crippen LogP contribution in [0.25, 0.3) is 11.2 Å². The zero-order chi connectivity index (χ0) is 29.2. The van der Waals surface area contributed by atoms with Crippen LogP contribution < -0.4 is 14.5 Å². The highest BCUT2D eigenvalue weighted by Gasteiger charge is 2.58. The lowest BCUT2D eigenvalue weighted by atomic mass is 9.97. The third-order valence-electron chi connectivity index (χ3n) is 6.14. The van der Waals surface area contributed by atoms with Crippen LogP contribution >= 0.6 is 6.64 Å². The van der Waals surface area contributed by atoms with Crippen LogP contribution in [0.4, 0.5) is 10.2 Å². The molecule has 1 aromatic carbocycles. The van der Waals surface area contributed by atoms with Crippen LogP contribution in [0.1, 0.15) is 19.0 Å². The lowest BCUT2D eigenvalue weighted by Crippen LogP contribution is -2.42. The van der Waals surface area contributed by atoms with Crippen molar-refractivity contribution < 1.29 is 32.8 Å². The number of aromatic nitrogens is 4. The number of aliphatic hydroxyl groups excluding tert-OH is 1. The molecule has 0 aliphatic carbocycles. The second-order valence-corrected chi connectivity index (χ2v) is 12.4. The summed E-state index contributed by atoms with van der Waals surface area (Å²) < 4.78 is 40.1. The van der Waals surface area contributed by atoms with Gasteiger partial charge < -0.3 is 28.5 Å². The summed E-state index contributed by atoms with van der Waals surface area (Å²) in [6.07, 6.45) is 2.35. The van der Waals surface area contributed by atoms with Crippen molar-refractivity contribution in [2.45, 2.75) is 44.0 Å². The van der Waals surface area contributed by atoms with Crippen LogP contribution in [0.3, 0.4) is 0 Å². The van der Waals surface area contributed by atoms with Crippen LogP contribution in [0.2, 0.25) is 0 Å². The molecule has 0 bridgehead atoms. The maximum absolute atomic E-state index is 16.2. The fourth-order valence-corrected chi connectivity index (χ4v) is 6.57. The highest BCUT2D eigenvalue weighted by molar-refractivity contribution is 8.09. The third kappa shape index (κ3) is 5.81. The van der Waals surface area contributed by atoms with Gasteiger partial charge in [0.25, 0.3) is 0 Å². The molecule has 15 heteroatoms. The number of rotatable bonds is 10. The van der Waals surface area contributed by atoms with Gasteiger partial charge >= 0.3 is 12.6 Å². The minimum absolute atomic E-state index is 0.276. The van der Waals surface area contributed by atoms with Gasteiger partial charge in [-0.3, -0.25) is 9.36 Å². The van der Waals surface area contributed by atoms with Gasteiger partial charge in [-0.15, -0.1) is 6.42 Å². The lowest BCUT2D eigenvalue weighted by molar-refractivity contribution is -0.142. The number of fused-ring (bicyclic) bond motifs is 1. The van der Waals surface area contributed by atoms with Gasteiger partial charge in [-0.05, 0) is 37.8 Å². The summed E-state index contributed by atoms with van der Waals surface area (Å²) in [5.74, 6) is 2.77. The molecule has 0 spiro atoms. The molecule has 3 aromatic rings. The first kappa shape index (κ1) is 29.8. The van der Waals surface area contributed by atoms with E-state index in [1.807, 2.05) is 5.92 Å². The summed E-state index contributed by atoms with van der Waals surface area (Å²) in [4.78, 5) is 27.0. The van der Waals surface area contributed by atoms with E-state index in [-0.39, 0.29) is 5.65 Å². The van der Waals surface area contributed by atoms with Gasteiger partial charge in [-0.25, -0.2) is 24.4 Å². The highest BCUT2D eigenvalue weighted by Crippen LogP contribution is 2.48. The molecule has 12 nitrogen and oxygen atoms in total. The Balaban J connectivity index is 1.62. The van der Waals surface area contributed by atoms with Gasteiger partial charge in [0, 0.05) is 14.1 Å². The maximum atomic E-state index is 16.2. The molecule has 4 rings (SSSR count). The first-order valence-electron chi connectivity index (χ1n) is 12.2. The van der Waals surface area contributed by atoms with Crippen molar-refractivity contribution in [3.8, 4) is 18.1 Å². The van der Waals surface area contributed by atoms with Crippen LogP contribution in [0, 0.1) is 19.3 Å². The van der Waals surface area contributed by atoms with Crippen LogP contribution in [0.15, 0.2) is 36.7 Å². The van der Waals surface area contributed by atoms with Gasteiger partial charge in [-0.1, -0.05) is 24.1 Å². The average Bonchev–Trinajstić information content (AvgIpc) is 3.45.